The normalized spacial score (nSPS) is 21.5. The second-order valence-electron chi connectivity index (χ2n) is 4.38. The molecule has 0 aromatic carbocycles. The van der Waals surface area contributed by atoms with Crippen molar-refractivity contribution in [1.82, 2.24) is 9.88 Å². The minimum Gasteiger partial charge on any atom is -0.384 e. The summed E-state index contributed by atoms with van der Waals surface area (Å²) >= 11 is 3.53. The Morgan fingerprint density at radius 3 is 3.19 bits per heavy atom. The van der Waals surface area contributed by atoms with Gasteiger partial charge in [0.15, 0.2) is 0 Å². The summed E-state index contributed by atoms with van der Waals surface area (Å²) in [5, 5.41) is 0. The van der Waals surface area contributed by atoms with Crippen LogP contribution in [-0.2, 0) is 6.54 Å². The van der Waals surface area contributed by atoms with Gasteiger partial charge in [0.05, 0.1) is 0 Å². The smallest absolute Gasteiger partial charge is 0.123 e. The molecule has 1 aliphatic heterocycles. The van der Waals surface area contributed by atoms with Crippen LogP contribution in [0.3, 0.4) is 0 Å². The zero-order valence-corrected chi connectivity index (χ0v) is 11.2. The molecule has 0 amide bonds. The third kappa shape index (κ3) is 2.55. The Bertz CT molecular complexity index is 367. The molecule has 3 nitrogen and oxygen atoms in total. The number of nitrogen functional groups attached to an aromatic ring is 1. The number of hydrogen-bond acceptors (Lipinski definition) is 3. The highest BCUT2D eigenvalue weighted by Gasteiger charge is 2.23. The minimum absolute atomic E-state index is 0.602. The van der Waals surface area contributed by atoms with Gasteiger partial charge in [-0.05, 0) is 53.4 Å². The standard InChI is InChI=1S/C12H18BrN3/c1-2-10-4-3-5-16(10)8-9-6-12(14)15-7-11(9)13/h6-7,10H,2-5,8H2,1H3,(H2,14,15)/t10-/m1/s1. The van der Waals surface area contributed by atoms with Crippen molar-refractivity contribution in [1.29, 1.82) is 0 Å². The fourth-order valence-electron chi connectivity index (χ4n) is 2.40. The van der Waals surface area contributed by atoms with Crippen molar-refractivity contribution in [2.45, 2.75) is 38.8 Å². The number of nitrogens with zero attached hydrogens (tertiary/aromatic N) is 2. The van der Waals surface area contributed by atoms with Gasteiger partial charge in [-0.1, -0.05) is 6.92 Å². The molecule has 2 heterocycles. The third-order valence-corrected chi connectivity index (χ3v) is 4.01. The van der Waals surface area contributed by atoms with E-state index in [0.717, 1.165) is 17.1 Å². The maximum Gasteiger partial charge on any atom is 0.123 e. The molecule has 88 valence electrons. The molecule has 1 aromatic rings. The molecule has 4 heteroatoms. The van der Waals surface area contributed by atoms with E-state index < -0.39 is 0 Å². The average molecular weight is 284 g/mol. The molecule has 2 N–H and O–H groups in total. The van der Waals surface area contributed by atoms with Crippen LogP contribution in [-0.4, -0.2) is 22.5 Å². The molecule has 2 rings (SSSR count). The number of halogens is 1. The van der Waals surface area contributed by atoms with Crippen LogP contribution < -0.4 is 5.73 Å². The molecule has 0 aliphatic carbocycles. The Hall–Kier alpha value is -0.610. The number of aromatic nitrogens is 1. The second-order valence-corrected chi connectivity index (χ2v) is 5.23. The van der Waals surface area contributed by atoms with Gasteiger partial charge < -0.3 is 5.73 Å². The van der Waals surface area contributed by atoms with Gasteiger partial charge >= 0.3 is 0 Å². The van der Waals surface area contributed by atoms with Gasteiger partial charge in [0.25, 0.3) is 0 Å². The molecule has 1 fully saturated rings. The summed E-state index contributed by atoms with van der Waals surface area (Å²) in [5.74, 6) is 0.602. The summed E-state index contributed by atoms with van der Waals surface area (Å²) in [6.45, 7) is 4.44. The van der Waals surface area contributed by atoms with Crippen LogP contribution in [0.5, 0.6) is 0 Å². The first-order valence-electron chi connectivity index (χ1n) is 5.84. The van der Waals surface area contributed by atoms with E-state index >= 15 is 0 Å². The summed E-state index contributed by atoms with van der Waals surface area (Å²) in [5.41, 5.74) is 6.96. The Morgan fingerprint density at radius 2 is 2.44 bits per heavy atom. The molecule has 1 atom stereocenters. The van der Waals surface area contributed by atoms with Gasteiger partial charge in [0.1, 0.15) is 5.82 Å². The van der Waals surface area contributed by atoms with Crippen molar-refractivity contribution in [2.24, 2.45) is 0 Å². The van der Waals surface area contributed by atoms with Gasteiger partial charge in [-0.15, -0.1) is 0 Å². The van der Waals surface area contributed by atoms with Crippen LogP contribution in [0.4, 0.5) is 5.82 Å². The number of rotatable bonds is 3. The zero-order valence-electron chi connectivity index (χ0n) is 9.62. The highest BCUT2D eigenvalue weighted by atomic mass is 79.9. The number of likely N-dealkylation sites (tertiary alicyclic amines) is 1. The number of anilines is 1. The quantitative estimate of drug-likeness (QED) is 0.928. The maximum absolute atomic E-state index is 5.72. The van der Waals surface area contributed by atoms with Crippen LogP contribution in [0, 0.1) is 0 Å². The largest absolute Gasteiger partial charge is 0.384 e. The molecule has 1 aliphatic rings. The van der Waals surface area contributed by atoms with Gasteiger partial charge in [0, 0.05) is 23.3 Å². The topological polar surface area (TPSA) is 42.1 Å². The predicted molar refractivity (Wildman–Crippen MR) is 70.1 cm³/mol. The van der Waals surface area contributed by atoms with E-state index in [-0.39, 0.29) is 0 Å². The van der Waals surface area contributed by atoms with Crippen LogP contribution in [0.1, 0.15) is 31.7 Å². The Kier molecular flexibility index (Phi) is 3.82. The van der Waals surface area contributed by atoms with Crippen molar-refractivity contribution in [2.75, 3.05) is 12.3 Å². The molecule has 1 aromatic heterocycles. The SMILES string of the molecule is CC[C@@H]1CCCN1Cc1cc(N)ncc1Br. The zero-order chi connectivity index (χ0) is 11.5. The van der Waals surface area contributed by atoms with E-state index in [0.29, 0.717) is 5.82 Å². The maximum atomic E-state index is 5.72. The Morgan fingerprint density at radius 1 is 1.62 bits per heavy atom. The van der Waals surface area contributed by atoms with Crippen molar-refractivity contribution >= 4 is 21.7 Å². The van der Waals surface area contributed by atoms with Crippen molar-refractivity contribution in [3.63, 3.8) is 0 Å². The van der Waals surface area contributed by atoms with Gasteiger partial charge in [-0.25, -0.2) is 4.98 Å². The lowest BCUT2D eigenvalue weighted by molar-refractivity contribution is 0.239. The lowest BCUT2D eigenvalue weighted by atomic mass is 10.1. The van der Waals surface area contributed by atoms with Crippen LogP contribution >= 0.6 is 15.9 Å². The molecule has 0 bridgehead atoms. The minimum atomic E-state index is 0.602. The summed E-state index contributed by atoms with van der Waals surface area (Å²) in [6, 6.07) is 2.70. The van der Waals surface area contributed by atoms with E-state index in [1.54, 1.807) is 6.20 Å². The summed E-state index contributed by atoms with van der Waals surface area (Å²) in [4.78, 5) is 6.61. The fourth-order valence-corrected chi connectivity index (χ4v) is 2.75. The summed E-state index contributed by atoms with van der Waals surface area (Å²) in [6.07, 6.45) is 5.67. The van der Waals surface area contributed by atoms with E-state index in [1.165, 1.54) is 31.4 Å². The Labute approximate surface area is 105 Å². The van der Waals surface area contributed by atoms with Crippen molar-refractivity contribution in [3.8, 4) is 0 Å². The van der Waals surface area contributed by atoms with E-state index in [9.17, 15) is 0 Å². The lowest BCUT2D eigenvalue weighted by Crippen LogP contribution is -2.28. The first kappa shape index (κ1) is 11.9. The molecule has 0 spiro atoms. The van der Waals surface area contributed by atoms with E-state index in [1.807, 2.05) is 6.07 Å². The first-order valence-corrected chi connectivity index (χ1v) is 6.64. The van der Waals surface area contributed by atoms with Gasteiger partial charge in [-0.3, -0.25) is 4.90 Å². The predicted octanol–water partition coefficient (Wildman–Crippen LogP) is 2.80. The van der Waals surface area contributed by atoms with Crippen molar-refractivity contribution in [3.05, 3.63) is 22.3 Å². The number of pyridine rings is 1. The average Bonchev–Trinajstić information content (AvgIpc) is 2.71. The highest BCUT2D eigenvalue weighted by Crippen LogP contribution is 2.25. The van der Waals surface area contributed by atoms with Gasteiger partial charge in [0.2, 0.25) is 0 Å². The van der Waals surface area contributed by atoms with Crippen LogP contribution in [0.2, 0.25) is 0 Å². The van der Waals surface area contributed by atoms with Crippen LogP contribution in [0.25, 0.3) is 0 Å². The summed E-state index contributed by atoms with van der Waals surface area (Å²) in [7, 11) is 0. The Balaban J connectivity index is 2.11. The van der Waals surface area contributed by atoms with E-state index in [4.69, 9.17) is 5.73 Å². The highest BCUT2D eigenvalue weighted by molar-refractivity contribution is 9.10. The molecular formula is C12H18BrN3. The monoisotopic (exact) mass is 283 g/mol. The second kappa shape index (κ2) is 5.15. The molecule has 16 heavy (non-hydrogen) atoms. The molecule has 0 radical (unpaired) electrons. The first-order chi connectivity index (χ1) is 7.70. The summed E-state index contributed by atoms with van der Waals surface area (Å²) < 4.78 is 1.06. The van der Waals surface area contributed by atoms with E-state index in [2.05, 4.69) is 32.7 Å². The molecule has 0 unspecified atom stereocenters. The van der Waals surface area contributed by atoms with Crippen LogP contribution in [0.15, 0.2) is 16.7 Å². The van der Waals surface area contributed by atoms with Crippen molar-refractivity contribution < 1.29 is 0 Å². The lowest BCUT2D eigenvalue weighted by Gasteiger charge is -2.23. The van der Waals surface area contributed by atoms with Gasteiger partial charge in [-0.2, -0.15) is 0 Å². The molecule has 1 saturated heterocycles. The number of nitrogens with two attached hydrogens (primary N) is 1. The number of hydrogen-bond donors (Lipinski definition) is 1. The molecule has 0 saturated carbocycles. The molecular weight excluding hydrogens is 266 g/mol. The fraction of sp³-hybridized carbons (Fsp3) is 0.583. The third-order valence-electron chi connectivity index (χ3n) is 3.30.